The van der Waals surface area contributed by atoms with Crippen LogP contribution in [0.3, 0.4) is 0 Å². The van der Waals surface area contributed by atoms with Gasteiger partial charge >= 0.3 is 0 Å². The average molecular weight is 795 g/mol. The first-order valence-electron chi connectivity index (χ1n) is 20.9. The van der Waals surface area contributed by atoms with Crippen molar-refractivity contribution in [2.45, 2.75) is 0 Å². The van der Waals surface area contributed by atoms with Crippen LogP contribution in [0, 0.1) is 0 Å². The molecule has 290 valence electrons. The molecular weight excluding hydrogens is 761 g/mol. The molecule has 6 aromatic heterocycles. The van der Waals surface area contributed by atoms with Crippen molar-refractivity contribution in [1.82, 2.24) is 37.8 Å². The van der Waals surface area contributed by atoms with Crippen molar-refractivity contribution in [3.05, 3.63) is 188 Å². The number of aromatic nitrogens is 8. The van der Waals surface area contributed by atoms with Gasteiger partial charge in [0.25, 0.3) is 0 Å². The molecule has 0 saturated heterocycles. The van der Waals surface area contributed by atoms with Gasteiger partial charge in [0.05, 0.1) is 44.1 Å². The Morgan fingerprint density at radius 2 is 0.823 bits per heavy atom. The third kappa shape index (κ3) is 4.27. The number of fused-ring (bicyclic) bond motifs is 15. The van der Waals surface area contributed by atoms with Crippen LogP contribution in [0.1, 0.15) is 0 Å². The maximum atomic E-state index is 5.65. The highest BCUT2D eigenvalue weighted by atomic mass is 15.3. The van der Waals surface area contributed by atoms with Crippen molar-refractivity contribution < 1.29 is 0 Å². The fourth-order valence-electron chi connectivity index (χ4n) is 10.5. The molecule has 8 heteroatoms. The molecule has 0 unspecified atom stereocenters. The van der Waals surface area contributed by atoms with Gasteiger partial charge in [-0.05, 0) is 54.6 Å². The van der Waals surface area contributed by atoms with Crippen molar-refractivity contribution in [3.8, 4) is 23.1 Å². The molecule has 0 saturated carbocycles. The minimum absolute atomic E-state index is 0.719. The molecule has 0 amide bonds. The Bertz CT molecular complexity index is 4160. The first kappa shape index (κ1) is 33.4. The van der Waals surface area contributed by atoms with Crippen LogP contribution in [0.2, 0.25) is 0 Å². The standard InChI is InChI=1S/C54H34N8/c1-58-52-48(57-54(58)62-44-26-14-10-20-35(44)38-30-31-46-47(49(38)62)41-23-11-15-27-45(41)59(46)33-16-4-2-5-17-33)53(56-32-55-52)61-43-25-13-9-22-37(43)40-29-28-39-36-21-8-12-24-42(36)60(50(39)51(40)61)34-18-6-3-7-19-34/h2-32H,1H3. The van der Waals surface area contributed by atoms with E-state index < -0.39 is 0 Å². The predicted molar refractivity (Wildman–Crippen MR) is 254 cm³/mol. The van der Waals surface area contributed by atoms with Gasteiger partial charge in [-0.2, -0.15) is 0 Å². The van der Waals surface area contributed by atoms with Gasteiger partial charge in [-0.1, -0.05) is 127 Å². The summed E-state index contributed by atoms with van der Waals surface area (Å²) in [5, 5.41) is 9.37. The second kappa shape index (κ2) is 12.3. The number of hydrogen-bond acceptors (Lipinski definition) is 3. The van der Waals surface area contributed by atoms with Crippen LogP contribution in [0.5, 0.6) is 0 Å². The van der Waals surface area contributed by atoms with Gasteiger partial charge in [0.15, 0.2) is 17.0 Å². The second-order valence-corrected chi connectivity index (χ2v) is 16.1. The molecule has 8 nitrogen and oxygen atoms in total. The number of para-hydroxylation sites is 6. The normalized spacial score (nSPS) is 12.3. The third-order valence-electron chi connectivity index (χ3n) is 13.0. The predicted octanol–water partition coefficient (Wildman–Crippen LogP) is 12.8. The van der Waals surface area contributed by atoms with E-state index in [9.17, 15) is 0 Å². The summed E-state index contributed by atoms with van der Waals surface area (Å²) >= 11 is 0. The van der Waals surface area contributed by atoms with Crippen LogP contribution in [0.4, 0.5) is 0 Å². The minimum atomic E-state index is 0.719. The number of hydrogen-bond donors (Lipinski definition) is 0. The lowest BCUT2D eigenvalue weighted by Gasteiger charge is -2.12. The molecule has 0 fully saturated rings. The Hall–Kier alpha value is -8.49. The first-order chi connectivity index (χ1) is 30.7. The summed E-state index contributed by atoms with van der Waals surface area (Å²) in [5.74, 6) is 1.49. The van der Waals surface area contributed by atoms with E-state index in [1.807, 2.05) is 0 Å². The zero-order valence-electron chi connectivity index (χ0n) is 33.5. The molecule has 6 heterocycles. The van der Waals surface area contributed by atoms with Crippen molar-refractivity contribution in [2.24, 2.45) is 7.05 Å². The molecule has 8 aromatic carbocycles. The topological polar surface area (TPSA) is 63.3 Å². The molecule has 0 atom stereocenters. The fourth-order valence-corrected chi connectivity index (χ4v) is 10.5. The second-order valence-electron chi connectivity index (χ2n) is 16.1. The van der Waals surface area contributed by atoms with Gasteiger partial charge < -0.3 is 9.13 Å². The molecule has 0 radical (unpaired) electrons. The summed E-state index contributed by atoms with van der Waals surface area (Å²) in [6, 6.07) is 65.1. The molecule has 0 bridgehead atoms. The quantitative estimate of drug-likeness (QED) is 0.178. The molecule has 0 aliphatic heterocycles. The first-order valence-corrected chi connectivity index (χ1v) is 20.9. The van der Waals surface area contributed by atoms with Crippen LogP contribution < -0.4 is 0 Å². The number of imidazole rings is 1. The fraction of sp³-hybridized carbons (Fsp3) is 0.0185. The molecule has 62 heavy (non-hydrogen) atoms. The van der Waals surface area contributed by atoms with E-state index in [-0.39, 0.29) is 0 Å². The van der Waals surface area contributed by atoms with Crippen LogP contribution in [-0.4, -0.2) is 37.8 Å². The van der Waals surface area contributed by atoms with Crippen molar-refractivity contribution in [2.75, 3.05) is 0 Å². The van der Waals surface area contributed by atoms with E-state index in [2.05, 4.69) is 212 Å². The highest BCUT2D eigenvalue weighted by molar-refractivity contribution is 6.27. The average Bonchev–Trinajstić information content (AvgIpc) is 4.12. The highest BCUT2D eigenvalue weighted by Gasteiger charge is 2.27. The van der Waals surface area contributed by atoms with Gasteiger partial charge in [0, 0.05) is 61.5 Å². The molecule has 0 N–H and O–H groups in total. The summed E-state index contributed by atoms with van der Waals surface area (Å²) in [6.45, 7) is 0. The summed E-state index contributed by atoms with van der Waals surface area (Å²) in [5.41, 5.74) is 12.6. The van der Waals surface area contributed by atoms with E-state index in [4.69, 9.17) is 15.0 Å². The van der Waals surface area contributed by atoms with Crippen LogP contribution in [-0.2, 0) is 7.05 Å². The van der Waals surface area contributed by atoms with Crippen LogP contribution >= 0.6 is 0 Å². The van der Waals surface area contributed by atoms with E-state index in [0.717, 1.165) is 94.6 Å². The maximum absolute atomic E-state index is 5.65. The Balaban J connectivity index is 1.12. The lowest BCUT2D eigenvalue weighted by Crippen LogP contribution is -2.04. The molecule has 14 rings (SSSR count). The van der Waals surface area contributed by atoms with Crippen LogP contribution in [0.15, 0.2) is 188 Å². The molecule has 0 aliphatic rings. The largest absolute Gasteiger partial charge is 0.309 e. The Labute approximate surface area is 353 Å². The van der Waals surface area contributed by atoms with E-state index >= 15 is 0 Å². The van der Waals surface area contributed by atoms with Gasteiger partial charge in [0.1, 0.15) is 6.33 Å². The summed E-state index contributed by atoms with van der Waals surface area (Å²) < 4.78 is 11.6. The van der Waals surface area contributed by atoms with Gasteiger partial charge in [-0.3, -0.25) is 13.7 Å². The summed E-state index contributed by atoms with van der Waals surface area (Å²) in [6.07, 6.45) is 1.69. The molecule has 0 spiro atoms. The maximum Gasteiger partial charge on any atom is 0.216 e. The number of benzene rings is 8. The minimum Gasteiger partial charge on any atom is -0.309 e. The zero-order valence-corrected chi connectivity index (χ0v) is 33.5. The lowest BCUT2D eigenvalue weighted by molar-refractivity contribution is 0.860. The molecule has 0 aliphatic carbocycles. The van der Waals surface area contributed by atoms with Gasteiger partial charge in [-0.15, -0.1) is 0 Å². The highest BCUT2D eigenvalue weighted by Crippen LogP contribution is 2.44. The third-order valence-corrected chi connectivity index (χ3v) is 13.0. The smallest absolute Gasteiger partial charge is 0.216 e. The Morgan fingerprint density at radius 3 is 1.45 bits per heavy atom. The van der Waals surface area contributed by atoms with Gasteiger partial charge in [-0.25, -0.2) is 15.0 Å². The summed E-state index contributed by atoms with van der Waals surface area (Å²) in [7, 11) is 2.08. The van der Waals surface area contributed by atoms with Crippen LogP contribution in [0.25, 0.3) is 122 Å². The van der Waals surface area contributed by atoms with E-state index in [1.165, 1.54) is 26.9 Å². The monoisotopic (exact) mass is 794 g/mol. The SMILES string of the molecule is Cn1c(-n2c3ccccc3c3ccc4c(c5ccccc5n4-c4ccccc4)c32)nc2c(-n3c4ccccc4c4ccc5c6ccccc6n(-c6ccccc6)c5c43)ncnc21. The molecule has 14 aromatic rings. The number of nitrogens with zero attached hydrogens (tertiary/aromatic N) is 8. The number of aryl methyl sites for hydroxylation is 1. The Morgan fingerprint density at radius 1 is 0.355 bits per heavy atom. The number of rotatable bonds is 4. The van der Waals surface area contributed by atoms with Crippen molar-refractivity contribution in [3.63, 3.8) is 0 Å². The zero-order chi connectivity index (χ0) is 40.6. The Kier molecular flexibility index (Phi) is 6.61. The summed E-state index contributed by atoms with van der Waals surface area (Å²) in [4.78, 5) is 15.8. The molecular formula is C54H34N8. The van der Waals surface area contributed by atoms with Gasteiger partial charge in [0.2, 0.25) is 5.95 Å². The van der Waals surface area contributed by atoms with E-state index in [1.54, 1.807) is 6.33 Å². The van der Waals surface area contributed by atoms with E-state index in [0.29, 0.717) is 0 Å². The van der Waals surface area contributed by atoms with Crippen molar-refractivity contribution >= 4 is 98.4 Å². The lowest BCUT2D eigenvalue weighted by atomic mass is 10.1. The van der Waals surface area contributed by atoms with Crippen molar-refractivity contribution in [1.29, 1.82) is 0 Å².